The van der Waals surface area contributed by atoms with E-state index in [-0.39, 0.29) is 19.3 Å². The second-order valence-electron chi connectivity index (χ2n) is 4.02. The van der Waals surface area contributed by atoms with E-state index in [4.69, 9.17) is 10.2 Å². The average molecular weight is 273 g/mol. The topological polar surface area (TPSA) is 145 Å². The molecule has 1 aliphatic rings. The number of piperidine rings is 1. The zero-order valence-corrected chi connectivity index (χ0v) is 10.0. The van der Waals surface area contributed by atoms with Crippen molar-refractivity contribution < 1.29 is 29.4 Å². The highest BCUT2D eigenvalue weighted by molar-refractivity contribution is 6.01. The Labute approximate surface area is 108 Å². The first kappa shape index (κ1) is 14.9. The first-order chi connectivity index (χ1) is 8.93. The third-order valence-electron chi connectivity index (χ3n) is 2.57. The van der Waals surface area contributed by atoms with Gasteiger partial charge in [0.1, 0.15) is 12.1 Å². The Morgan fingerprint density at radius 2 is 2.11 bits per heavy atom. The minimum absolute atomic E-state index is 0.107. The molecule has 2 atom stereocenters. The zero-order valence-electron chi connectivity index (χ0n) is 10.0. The largest absolute Gasteiger partial charge is 0.480 e. The van der Waals surface area contributed by atoms with Gasteiger partial charge in [0.25, 0.3) is 0 Å². The molecule has 5 N–H and O–H groups in total. The number of aliphatic hydroxyl groups is 1. The van der Waals surface area contributed by atoms with E-state index in [1.165, 1.54) is 0 Å². The van der Waals surface area contributed by atoms with Crippen molar-refractivity contribution in [1.29, 1.82) is 0 Å². The Hall–Kier alpha value is -2.16. The van der Waals surface area contributed by atoms with Crippen LogP contribution in [-0.4, -0.2) is 52.7 Å². The molecule has 0 aromatic heterocycles. The molecule has 0 saturated carbocycles. The Bertz CT molecular complexity index is 397. The summed E-state index contributed by atoms with van der Waals surface area (Å²) in [4.78, 5) is 44.5. The van der Waals surface area contributed by atoms with Crippen LogP contribution in [0.1, 0.15) is 19.3 Å². The molecular weight excluding hydrogens is 258 g/mol. The van der Waals surface area contributed by atoms with Crippen molar-refractivity contribution >= 4 is 23.8 Å². The van der Waals surface area contributed by atoms with Gasteiger partial charge in [0, 0.05) is 19.4 Å². The van der Waals surface area contributed by atoms with Crippen LogP contribution in [0.25, 0.3) is 0 Å². The molecule has 0 aromatic carbocycles. The van der Waals surface area contributed by atoms with Crippen LogP contribution in [0.2, 0.25) is 0 Å². The Balaban J connectivity index is 2.48. The Morgan fingerprint density at radius 1 is 1.42 bits per heavy atom. The number of rotatable bonds is 5. The molecule has 4 amide bonds. The number of aliphatic carboxylic acids is 1. The summed E-state index contributed by atoms with van der Waals surface area (Å²) in [6, 6.07) is -2.95. The zero-order chi connectivity index (χ0) is 14.4. The predicted molar refractivity (Wildman–Crippen MR) is 61.0 cm³/mol. The van der Waals surface area contributed by atoms with Gasteiger partial charge in [-0.3, -0.25) is 14.9 Å². The standard InChI is InChI=1S/C10H15N3O6/c14-4-3-6(9(17)18)12-10(19)11-5-1-2-7(15)13-8(5)16/h5-6,14H,1-4H2,(H,17,18)(H2,11,12,19)(H,13,15,16)/t5?,6-/m1/s1. The smallest absolute Gasteiger partial charge is 0.326 e. The lowest BCUT2D eigenvalue weighted by molar-refractivity contribution is -0.139. The number of carbonyl (C=O) groups is 4. The summed E-state index contributed by atoms with van der Waals surface area (Å²) in [5, 5.41) is 23.9. The highest BCUT2D eigenvalue weighted by Gasteiger charge is 2.29. The Morgan fingerprint density at radius 3 is 2.63 bits per heavy atom. The normalized spacial score (nSPS) is 20.4. The van der Waals surface area contributed by atoms with Gasteiger partial charge in [0.05, 0.1) is 0 Å². The van der Waals surface area contributed by atoms with Crippen molar-refractivity contribution in [3.63, 3.8) is 0 Å². The molecule has 0 aliphatic carbocycles. The summed E-state index contributed by atoms with van der Waals surface area (Å²) in [6.07, 6.45) is 0.129. The molecule has 1 fully saturated rings. The molecule has 0 bridgehead atoms. The fourth-order valence-electron chi connectivity index (χ4n) is 1.58. The lowest BCUT2D eigenvalue weighted by Crippen LogP contribution is -2.56. The molecule has 1 saturated heterocycles. The van der Waals surface area contributed by atoms with Crippen LogP contribution in [0, 0.1) is 0 Å². The van der Waals surface area contributed by atoms with E-state index < -0.39 is 42.5 Å². The van der Waals surface area contributed by atoms with E-state index >= 15 is 0 Å². The molecular formula is C10H15N3O6. The van der Waals surface area contributed by atoms with Gasteiger partial charge in [0.15, 0.2) is 0 Å². The van der Waals surface area contributed by atoms with Crippen molar-refractivity contribution in [2.75, 3.05) is 6.61 Å². The van der Waals surface area contributed by atoms with E-state index in [1.807, 2.05) is 0 Å². The maximum absolute atomic E-state index is 11.5. The second-order valence-corrected chi connectivity index (χ2v) is 4.02. The molecule has 1 aliphatic heterocycles. The highest BCUT2D eigenvalue weighted by atomic mass is 16.4. The molecule has 0 radical (unpaired) electrons. The maximum Gasteiger partial charge on any atom is 0.326 e. The van der Waals surface area contributed by atoms with Crippen LogP contribution in [0.4, 0.5) is 4.79 Å². The van der Waals surface area contributed by atoms with Gasteiger partial charge in [-0.2, -0.15) is 0 Å². The van der Waals surface area contributed by atoms with E-state index in [0.29, 0.717) is 0 Å². The quantitative estimate of drug-likeness (QED) is 0.364. The van der Waals surface area contributed by atoms with Crippen molar-refractivity contribution in [1.82, 2.24) is 16.0 Å². The van der Waals surface area contributed by atoms with Gasteiger partial charge in [-0.15, -0.1) is 0 Å². The number of imide groups is 1. The number of carbonyl (C=O) groups excluding carboxylic acids is 3. The molecule has 0 spiro atoms. The summed E-state index contributed by atoms with van der Waals surface area (Å²) in [5.74, 6) is -2.32. The van der Waals surface area contributed by atoms with Crippen molar-refractivity contribution in [3.05, 3.63) is 0 Å². The highest BCUT2D eigenvalue weighted by Crippen LogP contribution is 2.04. The second kappa shape index (κ2) is 6.69. The van der Waals surface area contributed by atoms with E-state index in [2.05, 4.69) is 16.0 Å². The van der Waals surface area contributed by atoms with Crippen molar-refractivity contribution in [2.24, 2.45) is 0 Å². The molecule has 1 unspecified atom stereocenters. The third-order valence-corrected chi connectivity index (χ3v) is 2.57. The number of carboxylic acid groups (broad SMARTS) is 1. The number of carboxylic acids is 1. The fraction of sp³-hybridized carbons (Fsp3) is 0.600. The molecule has 9 nitrogen and oxygen atoms in total. The molecule has 106 valence electrons. The summed E-state index contributed by atoms with van der Waals surface area (Å²) >= 11 is 0. The summed E-state index contributed by atoms with van der Waals surface area (Å²) in [5.41, 5.74) is 0. The average Bonchev–Trinajstić information content (AvgIpc) is 2.32. The van der Waals surface area contributed by atoms with Gasteiger partial charge in [-0.25, -0.2) is 9.59 Å². The van der Waals surface area contributed by atoms with Gasteiger partial charge in [0.2, 0.25) is 11.8 Å². The summed E-state index contributed by atoms with van der Waals surface area (Å²) in [6.45, 7) is -0.393. The lowest BCUT2D eigenvalue weighted by Gasteiger charge is -2.23. The molecule has 1 heterocycles. The fourth-order valence-corrected chi connectivity index (χ4v) is 1.58. The van der Waals surface area contributed by atoms with Crippen LogP contribution in [0.15, 0.2) is 0 Å². The number of aliphatic hydroxyl groups excluding tert-OH is 1. The van der Waals surface area contributed by atoms with Gasteiger partial charge in [-0.05, 0) is 6.42 Å². The van der Waals surface area contributed by atoms with Crippen molar-refractivity contribution in [2.45, 2.75) is 31.3 Å². The van der Waals surface area contributed by atoms with Gasteiger partial charge in [-0.1, -0.05) is 0 Å². The summed E-state index contributed by atoms with van der Waals surface area (Å²) in [7, 11) is 0. The Kier molecular flexibility index (Phi) is 5.24. The molecule has 0 aromatic rings. The van der Waals surface area contributed by atoms with Crippen LogP contribution in [0.5, 0.6) is 0 Å². The van der Waals surface area contributed by atoms with E-state index in [0.717, 1.165) is 0 Å². The van der Waals surface area contributed by atoms with Crippen LogP contribution in [0.3, 0.4) is 0 Å². The first-order valence-electron chi connectivity index (χ1n) is 5.68. The molecule has 19 heavy (non-hydrogen) atoms. The van der Waals surface area contributed by atoms with Crippen LogP contribution >= 0.6 is 0 Å². The minimum atomic E-state index is -1.28. The van der Waals surface area contributed by atoms with E-state index in [9.17, 15) is 19.2 Å². The van der Waals surface area contributed by atoms with Crippen LogP contribution in [-0.2, 0) is 14.4 Å². The minimum Gasteiger partial charge on any atom is -0.480 e. The third kappa shape index (κ3) is 4.54. The molecule has 1 rings (SSSR count). The first-order valence-corrected chi connectivity index (χ1v) is 5.68. The lowest BCUT2D eigenvalue weighted by atomic mass is 10.1. The van der Waals surface area contributed by atoms with Gasteiger partial charge < -0.3 is 20.8 Å². The summed E-state index contributed by atoms with van der Waals surface area (Å²) < 4.78 is 0. The number of nitrogens with one attached hydrogen (secondary N) is 3. The van der Waals surface area contributed by atoms with Crippen LogP contribution < -0.4 is 16.0 Å². The SMILES string of the molecule is O=C1CCC(NC(=O)N[C@H](CCO)C(=O)O)C(=O)N1. The number of amides is 4. The number of hydrogen-bond donors (Lipinski definition) is 5. The van der Waals surface area contributed by atoms with E-state index in [1.54, 1.807) is 0 Å². The number of urea groups is 1. The monoisotopic (exact) mass is 273 g/mol. The van der Waals surface area contributed by atoms with Gasteiger partial charge >= 0.3 is 12.0 Å². The van der Waals surface area contributed by atoms with Crippen molar-refractivity contribution in [3.8, 4) is 0 Å². The number of hydrogen-bond acceptors (Lipinski definition) is 5. The maximum atomic E-state index is 11.5. The molecule has 9 heteroatoms. The predicted octanol–water partition coefficient (Wildman–Crippen LogP) is -2.07.